The monoisotopic (exact) mass is 285 g/mol. The molecule has 0 atom stereocenters. The lowest BCUT2D eigenvalue weighted by molar-refractivity contribution is 0.203. The number of aliphatic hydroxyl groups excluding tert-OH is 1. The number of aromatic nitrogens is 2. The highest BCUT2D eigenvalue weighted by Gasteiger charge is 2.06. The number of aliphatic hydroxyl groups is 1. The van der Waals surface area contributed by atoms with E-state index in [9.17, 15) is 0 Å². The maximum Gasteiger partial charge on any atom is 0.0648 e. The SMILES string of the molecule is C=CCN(CCO)Cc1ccc(-n2nc(C)cc2C)cc1. The van der Waals surface area contributed by atoms with E-state index in [0.717, 1.165) is 30.2 Å². The van der Waals surface area contributed by atoms with E-state index >= 15 is 0 Å². The second kappa shape index (κ2) is 7.20. The first-order valence-corrected chi connectivity index (χ1v) is 7.20. The summed E-state index contributed by atoms with van der Waals surface area (Å²) in [5.41, 5.74) is 4.45. The maximum absolute atomic E-state index is 9.08. The molecule has 1 aromatic heterocycles. The summed E-state index contributed by atoms with van der Waals surface area (Å²) in [7, 11) is 0. The molecular weight excluding hydrogens is 262 g/mol. The molecule has 4 nitrogen and oxygen atoms in total. The molecular formula is C17H23N3O. The summed E-state index contributed by atoms with van der Waals surface area (Å²) >= 11 is 0. The van der Waals surface area contributed by atoms with Crippen molar-refractivity contribution in [3.63, 3.8) is 0 Å². The van der Waals surface area contributed by atoms with Crippen molar-refractivity contribution >= 4 is 0 Å². The van der Waals surface area contributed by atoms with Gasteiger partial charge in [-0.05, 0) is 37.6 Å². The zero-order valence-corrected chi connectivity index (χ0v) is 12.8. The predicted octanol–water partition coefficient (Wildman–Crippen LogP) is 2.47. The van der Waals surface area contributed by atoms with Crippen LogP contribution in [-0.2, 0) is 6.54 Å². The van der Waals surface area contributed by atoms with Gasteiger partial charge in [0.1, 0.15) is 0 Å². The molecule has 1 aromatic carbocycles. The van der Waals surface area contributed by atoms with Crippen molar-refractivity contribution in [1.29, 1.82) is 0 Å². The molecule has 2 aromatic rings. The first-order chi connectivity index (χ1) is 10.1. The van der Waals surface area contributed by atoms with Crippen molar-refractivity contribution in [2.24, 2.45) is 0 Å². The molecule has 0 amide bonds. The average Bonchev–Trinajstić information content (AvgIpc) is 2.79. The Hall–Kier alpha value is -1.91. The Morgan fingerprint density at radius 2 is 2.00 bits per heavy atom. The Bertz CT molecular complexity index is 587. The summed E-state index contributed by atoms with van der Waals surface area (Å²) in [6.45, 7) is 10.2. The Balaban J connectivity index is 2.11. The fourth-order valence-corrected chi connectivity index (χ4v) is 2.45. The van der Waals surface area contributed by atoms with Gasteiger partial charge in [0, 0.05) is 25.3 Å². The van der Waals surface area contributed by atoms with Gasteiger partial charge in [-0.1, -0.05) is 18.2 Å². The Morgan fingerprint density at radius 1 is 1.29 bits per heavy atom. The normalized spacial score (nSPS) is 11.0. The molecule has 0 saturated heterocycles. The molecule has 0 aliphatic rings. The molecule has 1 heterocycles. The average molecular weight is 285 g/mol. The van der Waals surface area contributed by atoms with Crippen molar-refractivity contribution in [1.82, 2.24) is 14.7 Å². The number of hydrogen-bond donors (Lipinski definition) is 1. The van der Waals surface area contributed by atoms with Crippen molar-refractivity contribution in [2.75, 3.05) is 19.7 Å². The molecule has 0 saturated carbocycles. The highest BCUT2D eigenvalue weighted by atomic mass is 16.3. The smallest absolute Gasteiger partial charge is 0.0648 e. The zero-order chi connectivity index (χ0) is 15.2. The van der Waals surface area contributed by atoms with Gasteiger partial charge in [0.15, 0.2) is 0 Å². The molecule has 0 bridgehead atoms. The van der Waals surface area contributed by atoms with Gasteiger partial charge < -0.3 is 5.11 Å². The lowest BCUT2D eigenvalue weighted by Gasteiger charge is -2.19. The summed E-state index contributed by atoms with van der Waals surface area (Å²) in [5, 5.41) is 13.6. The summed E-state index contributed by atoms with van der Waals surface area (Å²) in [5.74, 6) is 0. The second-order valence-corrected chi connectivity index (χ2v) is 5.25. The Kier molecular flexibility index (Phi) is 5.31. The van der Waals surface area contributed by atoms with E-state index in [-0.39, 0.29) is 6.61 Å². The lowest BCUT2D eigenvalue weighted by Crippen LogP contribution is -2.26. The molecule has 2 rings (SSSR count). The Morgan fingerprint density at radius 3 is 2.52 bits per heavy atom. The van der Waals surface area contributed by atoms with Gasteiger partial charge in [-0.3, -0.25) is 4.90 Å². The van der Waals surface area contributed by atoms with Gasteiger partial charge in [-0.2, -0.15) is 5.10 Å². The third kappa shape index (κ3) is 4.03. The number of hydrogen-bond acceptors (Lipinski definition) is 3. The van der Waals surface area contributed by atoms with Crippen LogP contribution in [0.3, 0.4) is 0 Å². The van der Waals surface area contributed by atoms with E-state index in [1.807, 2.05) is 17.7 Å². The molecule has 1 N–H and O–H groups in total. The molecule has 112 valence electrons. The van der Waals surface area contributed by atoms with Gasteiger partial charge in [-0.15, -0.1) is 6.58 Å². The van der Waals surface area contributed by atoms with E-state index < -0.39 is 0 Å². The molecule has 0 radical (unpaired) electrons. The topological polar surface area (TPSA) is 41.3 Å². The van der Waals surface area contributed by atoms with Crippen LogP contribution in [0.2, 0.25) is 0 Å². The molecule has 0 unspecified atom stereocenters. The summed E-state index contributed by atoms with van der Waals surface area (Å²) in [6.07, 6.45) is 1.86. The van der Waals surface area contributed by atoms with Gasteiger partial charge in [-0.25, -0.2) is 4.68 Å². The fraction of sp³-hybridized carbons (Fsp3) is 0.353. The highest BCUT2D eigenvalue weighted by molar-refractivity contribution is 5.36. The van der Waals surface area contributed by atoms with E-state index in [4.69, 9.17) is 5.11 Å². The Labute approximate surface area is 126 Å². The predicted molar refractivity (Wildman–Crippen MR) is 85.6 cm³/mol. The van der Waals surface area contributed by atoms with Crippen LogP contribution in [0, 0.1) is 13.8 Å². The van der Waals surface area contributed by atoms with Crippen LogP contribution in [0.5, 0.6) is 0 Å². The minimum Gasteiger partial charge on any atom is -0.395 e. The summed E-state index contributed by atoms with van der Waals surface area (Å²) in [6, 6.07) is 10.5. The number of aryl methyl sites for hydroxylation is 2. The van der Waals surface area contributed by atoms with Crippen LogP contribution in [0.25, 0.3) is 5.69 Å². The van der Waals surface area contributed by atoms with E-state index in [1.54, 1.807) is 0 Å². The second-order valence-electron chi connectivity index (χ2n) is 5.25. The van der Waals surface area contributed by atoms with Gasteiger partial charge in [0.2, 0.25) is 0 Å². The molecule has 4 heteroatoms. The van der Waals surface area contributed by atoms with Crippen molar-refractivity contribution in [2.45, 2.75) is 20.4 Å². The van der Waals surface area contributed by atoms with Crippen molar-refractivity contribution in [3.05, 3.63) is 59.9 Å². The van der Waals surface area contributed by atoms with E-state index in [0.29, 0.717) is 6.54 Å². The van der Waals surface area contributed by atoms with E-state index in [2.05, 4.69) is 53.8 Å². The van der Waals surface area contributed by atoms with Gasteiger partial charge in [0.25, 0.3) is 0 Å². The number of rotatable bonds is 7. The highest BCUT2D eigenvalue weighted by Crippen LogP contribution is 2.14. The van der Waals surface area contributed by atoms with Crippen molar-refractivity contribution in [3.8, 4) is 5.69 Å². The first-order valence-electron chi connectivity index (χ1n) is 7.20. The first kappa shape index (κ1) is 15.5. The summed E-state index contributed by atoms with van der Waals surface area (Å²) in [4.78, 5) is 2.16. The van der Waals surface area contributed by atoms with Gasteiger partial charge in [0.05, 0.1) is 18.0 Å². The van der Waals surface area contributed by atoms with Crippen LogP contribution in [0.4, 0.5) is 0 Å². The largest absolute Gasteiger partial charge is 0.395 e. The van der Waals surface area contributed by atoms with Crippen molar-refractivity contribution < 1.29 is 5.11 Å². The van der Waals surface area contributed by atoms with Crippen LogP contribution in [0.15, 0.2) is 43.0 Å². The standard InChI is InChI=1S/C17H23N3O/c1-4-9-19(10-11-21)13-16-5-7-17(8-6-16)20-15(3)12-14(2)18-20/h4-8,12,21H,1,9-11,13H2,2-3H3. The number of benzene rings is 1. The maximum atomic E-state index is 9.08. The van der Waals surface area contributed by atoms with Crippen LogP contribution in [-0.4, -0.2) is 39.5 Å². The molecule has 0 fully saturated rings. The minimum atomic E-state index is 0.164. The minimum absolute atomic E-state index is 0.164. The summed E-state index contributed by atoms with van der Waals surface area (Å²) < 4.78 is 1.95. The van der Waals surface area contributed by atoms with E-state index in [1.165, 1.54) is 5.56 Å². The van der Waals surface area contributed by atoms with Gasteiger partial charge >= 0.3 is 0 Å². The zero-order valence-electron chi connectivity index (χ0n) is 12.8. The third-order valence-electron chi connectivity index (χ3n) is 3.40. The van der Waals surface area contributed by atoms with Crippen LogP contribution < -0.4 is 0 Å². The lowest BCUT2D eigenvalue weighted by atomic mass is 10.2. The third-order valence-corrected chi connectivity index (χ3v) is 3.40. The molecule has 21 heavy (non-hydrogen) atoms. The number of nitrogens with zero attached hydrogens (tertiary/aromatic N) is 3. The van der Waals surface area contributed by atoms with Crippen LogP contribution >= 0.6 is 0 Å². The molecule has 0 aliphatic heterocycles. The molecule has 0 aliphatic carbocycles. The fourth-order valence-electron chi connectivity index (χ4n) is 2.45. The molecule has 0 spiro atoms. The quantitative estimate of drug-likeness (QED) is 0.795. The van der Waals surface area contributed by atoms with Crippen LogP contribution in [0.1, 0.15) is 17.0 Å².